The fourth-order valence-electron chi connectivity index (χ4n) is 3.11. The lowest BCUT2D eigenvalue weighted by Gasteiger charge is -2.38. The zero-order chi connectivity index (χ0) is 13.2. The summed E-state index contributed by atoms with van der Waals surface area (Å²) in [6.07, 6.45) is 7.64. The van der Waals surface area contributed by atoms with Gasteiger partial charge in [0, 0.05) is 11.8 Å². The highest BCUT2D eigenvalue weighted by atomic mass is 16.5. The van der Waals surface area contributed by atoms with Gasteiger partial charge in [0.2, 0.25) is 0 Å². The average molecular weight is 247 g/mol. The third-order valence-electron chi connectivity index (χ3n) is 3.52. The van der Waals surface area contributed by atoms with Crippen molar-refractivity contribution in [1.29, 1.82) is 0 Å². The Bertz CT molecular complexity index is 428. The highest BCUT2D eigenvalue weighted by Gasteiger charge is 2.33. The van der Waals surface area contributed by atoms with E-state index in [2.05, 4.69) is 25.8 Å². The second-order valence-electron chi connectivity index (χ2n) is 6.23. The predicted octanol–water partition coefficient (Wildman–Crippen LogP) is 3.49. The summed E-state index contributed by atoms with van der Waals surface area (Å²) in [6.45, 7) is 6.86. The number of nitrogens with zero attached hydrogens (tertiary/aromatic N) is 1. The molecule has 0 saturated heterocycles. The Kier molecular flexibility index (Phi) is 3.69. The molecular weight excluding hydrogens is 226 g/mol. The van der Waals surface area contributed by atoms with Gasteiger partial charge in [0.1, 0.15) is 5.75 Å². The fraction of sp³-hybridized carbons (Fsp3) is 0.600. The lowest BCUT2D eigenvalue weighted by atomic mass is 9.71. The van der Waals surface area contributed by atoms with Gasteiger partial charge in [0.05, 0.1) is 12.3 Å². The molecule has 0 radical (unpaired) electrons. The molecule has 0 bridgehead atoms. The summed E-state index contributed by atoms with van der Waals surface area (Å²) in [5, 5.41) is 0. The van der Waals surface area contributed by atoms with Crippen molar-refractivity contribution >= 4 is 6.29 Å². The number of hydrogen-bond acceptors (Lipinski definition) is 3. The standard InChI is InChI=1S/C15H21NO2/c1-11-4-13(7-15(2,3)6-11)18-14-5-12(10-17)8-16-9-14/h5,8-11,13H,4,6-7H2,1-3H3. The van der Waals surface area contributed by atoms with Crippen LogP contribution in [-0.4, -0.2) is 17.4 Å². The fourth-order valence-corrected chi connectivity index (χ4v) is 3.11. The summed E-state index contributed by atoms with van der Waals surface area (Å²) < 4.78 is 5.98. The van der Waals surface area contributed by atoms with Crippen molar-refractivity contribution in [2.75, 3.05) is 0 Å². The van der Waals surface area contributed by atoms with Crippen LogP contribution in [0, 0.1) is 11.3 Å². The van der Waals surface area contributed by atoms with Crippen molar-refractivity contribution in [3.63, 3.8) is 0 Å². The molecule has 0 spiro atoms. The van der Waals surface area contributed by atoms with Gasteiger partial charge in [0.15, 0.2) is 6.29 Å². The van der Waals surface area contributed by atoms with Crippen LogP contribution in [0.1, 0.15) is 50.4 Å². The SMILES string of the molecule is CC1CC(Oc2cncc(C=O)c2)CC(C)(C)C1. The van der Waals surface area contributed by atoms with Gasteiger partial charge in [-0.3, -0.25) is 9.78 Å². The average Bonchev–Trinajstić information content (AvgIpc) is 2.26. The summed E-state index contributed by atoms with van der Waals surface area (Å²) in [7, 11) is 0. The minimum atomic E-state index is 0.229. The second kappa shape index (κ2) is 5.09. The maximum Gasteiger partial charge on any atom is 0.151 e. The molecular formula is C15H21NO2. The number of pyridine rings is 1. The summed E-state index contributed by atoms with van der Waals surface area (Å²) in [4.78, 5) is 14.7. The van der Waals surface area contributed by atoms with Crippen LogP contribution < -0.4 is 4.74 Å². The Labute approximate surface area is 109 Å². The third-order valence-corrected chi connectivity index (χ3v) is 3.52. The predicted molar refractivity (Wildman–Crippen MR) is 70.8 cm³/mol. The molecule has 2 atom stereocenters. The van der Waals surface area contributed by atoms with Gasteiger partial charge in [-0.15, -0.1) is 0 Å². The number of aromatic nitrogens is 1. The van der Waals surface area contributed by atoms with Gasteiger partial charge in [-0.1, -0.05) is 20.8 Å². The van der Waals surface area contributed by atoms with E-state index in [4.69, 9.17) is 4.74 Å². The lowest BCUT2D eigenvalue weighted by Crippen LogP contribution is -2.34. The summed E-state index contributed by atoms with van der Waals surface area (Å²) >= 11 is 0. The van der Waals surface area contributed by atoms with Crippen LogP contribution in [0.15, 0.2) is 18.5 Å². The first-order valence-electron chi connectivity index (χ1n) is 6.55. The molecule has 1 saturated carbocycles. The lowest BCUT2D eigenvalue weighted by molar-refractivity contribution is 0.0559. The largest absolute Gasteiger partial charge is 0.489 e. The summed E-state index contributed by atoms with van der Waals surface area (Å²) in [5.74, 6) is 1.38. The molecule has 1 aromatic rings. The molecule has 0 amide bonds. The van der Waals surface area contributed by atoms with Gasteiger partial charge < -0.3 is 4.74 Å². The van der Waals surface area contributed by atoms with Crippen molar-refractivity contribution in [3.05, 3.63) is 24.0 Å². The molecule has 3 nitrogen and oxygen atoms in total. The highest BCUT2D eigenvalue weighted by Crippen LogP contribution is 2.39. The number of ether oxygens (including phenoxy) is 1. The number of aldehydes is 1. The maximum absolute atomic E-state index is 10.7. The zero-order valence-corrected chi connectivity index (χ0v) is 11.3. The number of rotatable bonds is 3. The molecule has 1 heterocycles. The van der Waals surface area contributed by atoms with Gasteiger partial charge in [-0.2, -0.15) is 0 Å². The van der Waals surface area contributed by atoms with Gasteiger partial charge in [-0.25, -0.2) is 0 Å². The highest BCUT2D eigenvalue weighted by molar-refractivity contribution is 5.74. The van der Waals surface area contributed by atoms with Gasteiger partial charge >= 0.3 is 0 Å². The van der Waals surface area contributed by atoms with E-state index in [1.165, 1.54) is 6.42 Å². The van der Waals surface area contributed by atoms with E-state index in [9.17, 15) is 4.79 Å². The summed E-state index contributed by atoms with van der Waals surface area (Å²) in [5.41, 5.74) is 0.897. The monoisotopic (exact) mass is 247 g/mol. The molecule has 1 fully saturated rings. The number of carbonyl (C=O) groups is 1. The Morgan fingerprint density at radius 1 is 1.39 bits per heavy atom. The maximum atomic E-state index is 10.7. The molecule has 1 aliphatic rings. The van der Waals surface area contributed by atoms with E-state index in [0.717, 1.165) is 19.1 Å². The van der Waals surface area contributed by atoms with E-state index in [-0.39, 0.29) is 6.10 Å². The second-order valence-corrected chi connectivity index (χ2v) is 6.23. The first-order chi connectivity index (χ1) is 8.48. The van der Waals surface area contributed by atoms with Crippen LogP contribution in [0.3, 0.4) is 0 Å². The zero-order valence-electron chi connectivity index (χ0n) is 11.3. The molecule has 18 heavy (non-hydrogen) atoms. The molecule has 0 aliphatic heterocycles. The molecule has 98 valence electrons. The summed E-state index contributed by atoms with van der Waals surface area (Å²) in [6, 6.07) is 1.76. The van der Waals surface area contributed by atoms with E-state index in [1.807, 2.05) is 0 Å². The van der Waals surface area contributed by atoms with Crippen LogP contribution >= 0.6 is 0 Å². The van der Waals surface area contributed by atoms with Crippen molar-refractivity contribution in [2.45, 2.75) is 46.1 Å². The van der Waals surface area contributed by atoms with Crippen molar-refractivity contribution < 1.29 is 9.53 Å². The first-order valence-corrected chi connectivity index (χ1v) is 6.55. The number of hydrogen-bond donors (Lipinski definition) is 0. The van der Waals surface area contributed by atoms with E-state index >= 15 is 0 Å². The topological polar surface area (TPSA) is 39.2 Å². The molecule has 0 aromatic carbocycles. The third kappa shape index (κ3) is 3.31. The van der Waals surface area contributed by atoms with Crippen LogP contribution in [0.5, 0.6) is 5.75 Å². The van der Waals surface area contributed by atoms with Crippen molar-refractivity contribution in [1.82, 2.24) is 4.98 Å². The normalized spacial score (nSPS) is 26.6. The quantitative estimate of drug-likeness (QED) is 0.767. The van der Waals surface area contributed by atoms with E-state index < -0.39 is 0 Å². The van der Waals surface area contributed by atoms with Gasteiger partial charge in [0.25, 0.3) is 0 Å². The molecule has 3 heteroatoms. The Morgan fingerprint density at radius 2 is 2.17 bits per heavy atom. The van der Waals surface area contributed by atoms with Crippen molar-refractivity contribution in [3.8, 4) is 5.75 Å². The number of carbonyl (C=O) groups excluding carboxylic acids is 1. The van der Waals surface area contributed by atoms with Crippen LogP contribution in [0.4, 0.5) is 0 Å². The van der Waals surface area contributed by atoms with Crippen LogP contribution in [0.25, 0.3) is 0 Å². The smallest absolute Gasteiger partial charge is 0.151 e. The Morgan fingerprint density at radius 3 is 2.83 bits per heavy atom. The Balaban J connectivity index is 2.06. The van der Waals surface area contributed by atoms with E-state index in [1.54, 1.807) is 18.5 Å². The Hall–Kier alpha value is -1.38. The van der Waals surface area contributed by atoms with Crippen LogP contribution in [-0.2, 0) is 0 Å². The molecule has 2 rings (SSSR count). The molecule has 0 N–H and O–H groups in total. The minimum absolute atomic E-state index is 0.229. The molecule has 1 aliphatic carbocycles. The van der Waals surface area contributed by atoms with E-state index in [0.29, 0.717) is 22.6 Å². The first kappa shape index (κ1) is 13.1. The van der Waals surface area contributed by atoms with Crippen LogP contribution in [0.2, 0.25) is 0 Å². The minimum Gasteiger partial charge on any atom is -0.489 e. The molecule has 2 unspecified atom stereocenters. The van der Waals surface area contributed by atoms with Crippen molar-refractivity contribution in [2.24, 2.45) is 11.3 Å². The molecule has 1 aromatic heterocycles. The van der Waals surface area contributed by atoms with Gasteiger partial charge in [-0.05, 0) is 36.7 Å².